The summed E-state index contributed by atoms with van der Waals surface area (Å²) in [5.41, 5.74) is 2.19. The van der Waals surface area contributed by atoms with Crippen molar-refractivity contribution in [1.82, 2.24) is 15.1 Å². The summed E-state index contributed by atoms with van der Waals surface area (Å²) in [5.74, 6) is 0.844. The molecule has 1 heterocycles. The second-order valence-corrected chi connectivity index (χ2v) is 7.86. The standard InChI is InChI=1S/C21H25N3OS/c1-15(13-24-17(3)10-16(2)23-24)12-22-21(25)14-26-20-9-8-18-6-4-5-7-19(18)11-20/h4-11,15H,12-14H2,1-3H3,(H,22,25). The first-order valence-electron chi connectivity index (χ1n) is 8.90. The normalized spacial score (nSPS) is 12.3. The van der Waals surface area contributed by atoms with Gasteiger partial charge in [-0.2, -0.15) is 5.10 Å². The molecule has 0 aliphatic carbocycles. The van der Waals surface area contributed by atoms with Gasteiger partial charge in [-0.3, -0.25) is 9.48 Å². The number of fused-ring (bicyclic) bond motifs is 1. The van der Waals surface area contributed by atoms with Crippen molar-refractivity contribution in [2.45, 2.75) is 32.2 Å². The van der Waals surface area contributed by atoms with Gasteiger partial charge in [-0.25, -0.2) is 0 Å². The van der Waals surface area contributed by atoms with Crippen LogP contribution in [-0.4, -0.2) is 28.0 Å². The first-order valence-corrected chi connectivity index (χ1v) is 9.89. The molecule has 1 amide bonds. The summed E-state index contributed by atoms with van der Waals surface area (Å²) in [6.07, 6.45) is 0. The third-order valence-corrected chi connectivity index (χ3v) is 5.32. The summed E-state index contributed by atoms with van der Waals surface area (Å²) < 4.78 is 2.01. The van der Waals surface area contributed by atoms with Gasteiger partial charge < -0.3 is 5.32 Å². The number of amides is 1. The molecule has 1 atom stereocenters. The molecule has 0 saturated heterocycles. The summed E-state index contributed by atoms with van der Waals surface area (Å²) in [6, 6.07) is 16.7. The highest BCUT2D eigenvalue weighted by Gasteiger charge is 2.09. The fourth-order valence-electron chi connectivity index (χ4n) is 2.96. The topological polar surface area (TPSA) is 46.9 Å². The van der Waals surface area contributed by atoms with E-state index < -0.39 is 0 Å². The van der Waals surface area contributed by atoms with Crippen molar-refractivity contribution in [2.75, 3.05) is 12.3 Å². The lowest BCUT2D eigenvalue weighted by atomic mass is 10.1. The van der Waals surface area contributed by atoms with Gasteiger partial charge >= 0.3 is 0 Å². The molecule has 0 bridgehead atoms. The van der Waals surface area contributed by atoms with E-state index in [0.29, 0.717) is 18.2 Å². The minimum Gasteiger partial charge on any atom is -0.355 e. The van der Waals surface area contributed by atoms with Gasteiger partial charge in [-0.1, -0.05) is 37.3 Å². The number of hydrogen-bond donors (Lipinski definition) is 1. The van der Waals surface area contributed by atoms with Crippen LogP contribution in [0.1, 0.15) is 18.3 Å². The van der Waals surface area contributed by atoms with E-state index in [-0.39, 0.29) is 5.91 Å². The van der Waals surface area contributed by atoms with E-state index in [1.807, 2.05) is 23.7 Å². The van der Waals surface area contributed by atoms with Crippen LogP contribution < -0.4 is 5.32 Å². The molecule has 1 unspecified atom stereocenters. The molecule has 5 heteroatoms. The number of aromatic nitrogens is 2. The maximum atomic E-state index is 12.2. The van der Waals surface area contributed by atoms with Crippen LogP contribution in [-0.2, 0) is 11.3 Å². The number of thioether (sulfide) groups is 1. The summed E-state index contributed by atoms with van der Waals surface area (Å²) in [6.45, 7) is 7.67. The average Bonchev–Trinajstić information content (AvgIpc) is 2.95. The van der Waals surface area contributed by atoms with E-state index in [2.05, 4.69) is 60.7 Å². The molecule has 3 aromatic rings. The van der Waals surface area contributed by atoms with Gasteiger partial charge in [0.05, 0.1) is 11.4 Å². The average molecular weight is 368 g/mol. The van der Waals surface area contributed by atoms with E-state index in [1.54, 1.807) is 11.8 Å². The summed E-state index contributed by atoms with van der Waals surface area (Å²) in [5, 5.41) is 9.94. The largest absolute Gasteiger partial charge is 0.355 e. The van der Waals surface area contributed by atoms with Crippen molar-refractivity contribution in [2.24, 2.45) is 5.92 Å². The highest BCUT2D eigenvalue weighted by Crippen LogP contribution is 2.23. The highest BCUT2D eigenvalue weighted by molar-refractivity contribution is 8.00. The number of rotatable bonds is 7. The van der Waals surface area contributed by atoms with Crippen molar-refractivity contribution < 1.29 is 4.79 Å². The van der Waals surface area contributed by atoms with Crippen LogP contribution in [0.25, 0.3) is 10.8 Å². The number of nitrogens with one attached hydrogen (secondary N) is 1. The van der Waals surface area contributed by atoms with Crippen LogP contribution in [0, 0.1) is 19.8 Å². The third kappa shape index (κ3) is 4.88. The van der Waals surface area contributed by atoms with E-state index in [4.69, 9.17) is 0 Å². The van der Waals surface area contributed by atoms with Gasteiger partial charge in [0.1, 0.15) is 0 Å². The first-order chi connectivity index (χ1) is 12.5. The highest BCUT2D eigenvalue weighted by atomic mass is 32.2. The van der Waals surface area contributed by atoms with Crippen molar-refractivity contribution >= 4 is 28.4 Å². The van der Waals surface area contributed by atoms with E-state index >= 15 is 0 Å². The van der Waals surface area contributed by atoms with Crippen LogP contribution in [0.5, 0.6) is 0 Å². The van der Waals surface area contributed by atoms with Crippen molar-refractivity contribution in [1.29, 1.82) is 0 Å². The number of carbonyl (C=O) groups excluding carboxylic acids is 1. The Balaban J connectivity index is 1.45. The molecule has 0 spiro atoms. The van der Waals surface area contributed by atoms with E-state index in [9.17, 15) is 4.79 Å². The minimum absolute atomic E-state index is 0.0726. The molecular formula is C21H25N3OS. The van der Waals surface area contributed by atoms with Gasteiger partial charge in [0, 0.05) is 23.7 Å². The van der Waals surface area contributed by atoms with Crippen LogP contribution in [0.15, 0.2) is 53.4 Å². The molecule has 2 aromatic carbocycles. The Morgan fingerprint density at radius 2 is 1.92 bits per heavy atom. The SMILES string of the molecule is Cc1cc(C)n(CC(C)CNC(=O)CSc2ccc3ccccc3c2)n1. The van der Waals surface area contributed by atoms with Crippen LogP contribution >= 0.6 is 11.8 Å². The molecule has 3 rings (SSSR count). The molecule has 1 N–H and O–H groups in total. The predicted molar refractivity (Wildman–Crippen MR) is 109 cm³/mol. The lowest BCUT2D eigenvalue weighted by Gasteiger charge is -2.14. The number of carbonyl (C=O) groups is 1. The Morgan fingerprint density at radius 3 is 2.65 bits per heavy atom. The Labute approximate surface area is 159 Å². The Kier molecular flexibility index (Phi) is 5.99. The maximum Gasteiger partial charge on any atom is 0.230 e. The molecule has 136 valence electrons. The molecule has 1 aromatic heterocycles. The fourth-order valence-corrected chi connectivity index (χ4v) is 3.74. The molecule has 0 saturated carbocycles. The molecule has 26 heavy (non-hydrogen) atoms. The van der Waals surface area contributed by atoms with Gasteiger partial charge in [0.15, 0.2) is 0 Å². The second-order valence-electron chi connectivity index (χ2n) is 6.82. The zero-order chi connectivity index (χ0) is 18.5. The Bertz CT molecular complexity index is 903. The quantitative estimate of drug-likeness (QED) is 0.637. The summed E-state index contributed by atoms with van der Waals surface area (Å²) in [7, 11) is 0. The number of benzene rings is 2. The second kappa shape index (κ2) is 8.41. The Morgan fingerprint density at radius 1 is 1.15 bits per heavy atom. The van der Waals surface area contributed by atoms with Crippen molar-refractivity contribution in [3.05, 3.63) is 59.9 Å². The van der Waals surface area contributed by atoms with Crippen molar-refractivity contribution in [3.8, 4) is 0 Å². The monoisotopic (exact) mass is 367 g/mol. The lowest BCUT2D eigenvalue weighted by molar-refractivity contribution is -0.118. The molecule has 4 nitrogen and oxygen atoms in total. The van der Waals surface area contributed by atoms with Crippen LogP contribution in [0.3, 0.4) is 0 Å². The molecule has 0 aliphatic heterocycles. The maximum absolute atomic E-state index is 12.2. The van der Waals surface area contributed by atoms with E-state index in [0.717, 1.165) is 22.8 Å². The molecule has 0 fully saturated rings. The van der Waals surface area contributed by atoms with Gasteiger partial charge in [0.2, 0.25) is 5.91 Å². The van der Waals surface area contributed by atoms with Gasteiger partial charge in [-0.05, 0) is 48.7 Å². The lowest BCUT2D eigenvalue weighted by Crippen LogP contribution is -2.31. The Hall–Kier alpha value is -2.27. The number of nitrogens with zero attached hydrogens (tertiary/aromatic N) is 2. The smallest absolute Gasteiger partial charge is 0.230 e. The summed E-state index contributed by atoms with van der Waals surface area (Å²) >= 11 is 1.58. The third-order valence-electron chi connectivity index (χ3n) is 4.33. The first kappa shape index (κ1) is 18.5. The summed E-state index contributed by atoms with van der Waals surface area (Å²) in [4.78, 5) is 13.3. The minimum atomic E-state index is 0.0726. The predicted octanol–water partition coefficient (Wildman–Crippen LogP) is 4.20. The van der Waals surface area contributed by atoms with Gasteiger partial charge in [0.25, 0.3) is 0 Å². The molecular weight excluding hydrogens is 342 g/mol. The van der Waals surface area contributed by atoms with Gasteiger partial charge in [-0.15, -0.1) is 11.8 Å². The molecule has 0 radical (unpaired) electrons. The fraction of sp³-hybridized carbons (Fsp3) is 0.333. The van der Waals surface area contributed by atoms with E-state index in [1.165, 1.54) is 10.8 Å². The van der Waals surface area contributed by atoms with Crippen LogP contribution in [0.4, 0.5) is 0 Å². The molecule has 0 aliphatic rings. The zero-order valence-electron chi connectivity index (χ0n) is 15.5. The number of aryl methyl sites for hydroxylation is 2. The number of hydrogen-bond acceptors (Lipinski definition) is 3. The zero-order valence-corrected chi connectivity index (χ0v) is 16.3. The van der Waals surface area contributed by atoms with Crippen LogP contribution in [0.2, 0.25) is 0 Å². The van der Waals surface area contributed by atoms with Crippen molar-refractivity contribution in [3.63, 3.8) is 0 Å².